The number of nitrogens with zero attached hydrogens (tertiary/aromatic N) is 2. The first-order valence-electron chi connectivity index (χ1n) is 6.17. The van der Waals surface area contributed by atoms with Crippen molar-refractivity contribution < 1.29 is 8.42 Å². The highest BCUT2D eigenvalue weighted by molar-refractivity contribution is 7.89. The molecular weight excluding hydrogens is 333 g/mol. The second-order valence-electron chi connectivity index (χ2n) is 4.76. The minimum Gasteiger partial charge on any atom is -0.326 e. The highest BCUT2D eigenvalue weighted by Gasteiger charge is 2.31. The number of aromatic nitrogens is 1. The van der Waals surface area contributed by atoms with E-state index in [0.717, 1.165) is 5.39 Å². The van der Waals surface area contributed by atoms with Crippen molar-refractivity contribution in [3.05, 3.63) is 36.7 Å². The normalized spacial score (nSPS) is 19.0. The number of pyridine rings is 1. The summed E-state index contributed by atoms with van der Waals surface area (Å²) in [7, 11) is -3.47. The van der Waals surface area contributed by atoms with Crippen molar-refractivity contribution in [3.8, 4) is 0 Å². The molecule has 0 bridgehead atoms. The van der Waals surface area contributed by atoms with Crippen LogP contribution in [0.1, 0.15) is 6.42 Å². The Bertz CT molecular complexity index is 719. The topological polar surface area (TPSA) is 76.3 Å². The van der Waals surface area contributed by atoms with Crippen molar-refractivity contribution in [2.45, 2.75) is 17.4 Å². The molecule has 0 amide bonds. The Balaban J connectivity index is 0.00000110. The van der Waals surface area contributed by atoms with Crippen LogP contribution in [0.2, 0.25) is 0 Å². The smallest absolute Gasteiger partial charge is 0.243 e. The van der Waals surface area contributed by atoms with Gasteiger partial charge in [-0.15, -0.1) is 24.8 Å². The zero-order chi connectivity index (χ0) is 13.5. The Labute approximate surface area is 136 Å². The zero-order valence-electron chi connectivity index (χ0n) is 11.2. The lowest BCUT2D eigenvalue weighted by molar-refractivity contribution is 0.473. The molecule has 0 spiro atoms. The summed E-state index contributed by atoms with van der Waals surface area (Å²) < 4.78 is 26.8. The quantitative estimate of drug-likeness (QED) is 0.896. The van der Waals surface area contributed by atoms with Crippen molar-refractivity contribution in [1.82, 2.24) is 9.29 Å². The molecule has 1 aromatic heterocycles. The molecule has 3 rings (SSSR count). The van der Waals surface area contributed by atoms with Crippen LogP contribution in [-0.4, -0.2) is 36.8 Å². The van der Waals surface area contributed by atoms with E-state index < -0.39 is 10.0 Å². The predicted octanol–water partition coefficient (Wildman–Crippen LogP) is 1.80. The molecule has 1 aliphatic rings. The maximum atomic E-state index is 12.6. The summed E-state index contributed by atoms with van der Waals surface area (Å²) in [5, 5.41) is 1.53. The SMILES string of the molecule is Cl.Cl.N[C@H]1CCN(S(=O)(=O)c2cccc3cnccc23)C1. The van der Waals surface area contributed by atoms with E-state index in [9.17, 15) is 8.42 Å². The number of nitrogens with two attached hydrogens (primary N) is 1. The summed E-state index contributed by atoms with van der Waals surface area (Å²) in [6.45, 7) is 0.884. The van der Waals surface area contributed by atoms with Gasteiger partial charge in [0.1, 0.15) is 0 Å². The Kier molecular flexibility index (Phi) is 5.95. The minimum absolute atomic E-state index is 0. The van der Waals surface area contributed by atoms with Crippen LogP contribution in [0.5, 0.6) is 0 Å². The molecule has 1 aliphatic heterocycles. The van der Waals surface area contributed by atoms with Crippen LogP contribution >= 0.6 is 24.8 Å². The highest BCUT2D eigenvalue weighted by Crippen LogP contribution is 2.26. The fourth-order valence-corrected chi connectivity index (χ4v) is 4.16. The fraction of sp³-hybridized carbons (Fsp3) is 0.308. The molecule has 2 aromatic rings. The molecule has 0 aliphatic carbocycles. The highest BCUT2D eigenvalue weighted by atomic mass is 35.5. The number of sulfonamides is 1. The third-order valence-electron chi connectivity index (χ3n) is 3.45. The first kappa shape index (κ1) is 18.1. The van der Waals surface area contributed by atoms with Gasteiger partial charge in [-0.05, 0) is 18.6 Å². The van der Waals surface area contributed by atoms with Gasteiger partial charge in [0.2, 0.25) is 10.0 Å². The molecule has 1 atom stereocenters. The van der Waals surface area contributed by atoms with Crippen molar-refractivity contribution in [2.24, 2.45) is 5.73 Å². The summed E-state index contributed by atoms with van der Waals surface area (Å²) in [4.78, 5) is 4.35. The molecule has 1 fully saturated rings. The van der Waals surface area contributed by atoms with E-state index in [1.54, 1.807) is 30.6 Å². The molecule has 0 saturated carbocycles. The minimum atomic E-state index is -3.47. The van der Waals surface area contributed by atoms with Crippen molar-refractivity contribution >= 4 is 45.6 Å². The van der Waals surface area contributed by atoms with Gasteiger partial charge < -0.3 is 5.73 Å². The van der Waals surface area contributed by atoms with Crippen LogP contribution < -0.4 is 5.73 Å². The number of benzene rings is 1. The molecule has 116 valence electrons. The lowest BCUT2D eigenvalue weighted by Crippen LogP contribution is -2.32. The molecule has 0 radical (unpaired) electrons. The average molecular weight is 350 g/mol. The number of hydrogen-bond acceptors (Lipinski definition) is 4. The van der Waals surface area contributed by atoms with Gasteiger partial charge in [-0.25, -0.2) is 8.42 Å². The second kappa shape index (κ2) is 6.89. The van der Waals surface area contributed by atoms with Gasteiger partial charge in [0.25, 0.3) is 0 Å². The lowest BCUT2D eigenvalue weighted by Gasteiger charge is -2.17. The summed E-state index contributed by atoms with van der Waals surface area (Å²) >= 11 is 0. The maximum Gasteiger partial charge on any atom is 0.243 e. The number of fused-ring (bicyclic) bond motifs is 1. The zero-order valence-corrected chi connectivity index (χ0v) is 13.6. The number of hydrogen-bond donors (Lipinski definition) is 1. The first-order valence-corrected chi connectivity index (χ1v) is 7.61. The molecule has 0 unspecified atom stereocenters. The van der Waals surface area contributed by atoms with Crippen LogP contribution in [0.3, 0.4) is 0 Å². The van der Waals surface area contributed by atoms with E-state index in [0.29, 0.717) is 29.8 Å². The summed E-state index contributed by atoms with van der Waals surface area (Å²) in [6.07, 6.45) is 3.99. The van der Waals surface area contributed by atoms with Gasteiger partial charge in [-0.1, -0.05) is 12.1 Å². The molecule has 1 saturated heterocycles. The lowest BCUT2D eigenvalue weighted by atomic mass is 10.2. The fourth-order valence-electron chi connectivity index (χ4n) is 2.43. The van der Waals surface area contributed by atoms with E-state index in [-0.39, 0.29) is 30.9 Å². The Hall–Kier alpha value is -0.920. The Morgan fingerprint density at radius 2 is 2.00 bits per heavy atom. The largest absolute Gasteiger partial charge is 0.326 e. The third kappa shape index (κ3) is 3.30. The Morgan fingerprint density at radius 1 is 1.24 bits per heavy atom. The van der Waals surface area contributed by atoms with Crippen molar-refractivity contribution in [1.29, 1.82) is 0 Å². The molecule has 21 heavy (non-hydrogen) atoms. The van der Waals surface area contributed by atoms with E-state index in [1.807, 2.05) is 6.07 Å². The average Bonchev–Trinajstić information content (AvgIpc) is 2.85. The van der Waals surface area contributed by atoms with Crippen LogP contribution in [0.15, 0.2) is 41.6 Å². The predicted molar refractivity (Wildman–Crippen MR) is 87.6 cm³/mol. The second-order valence-corrected chi connectivity index (χ2v) is 6.67. The molecule has 8 heteroatoms. The van der Waals surface area contributed by atoms with Gasteiger partial charge in [0.05, 0.1) is 4.90 Å². The van der Waals surface area contributed by atoms with Gasteiger partial charge in [-0.2, -0.15) is 4.31 Å². The van der Waals surface area contributed by atoms with Gasteiger partial charge >= 0.3 is 0 Å². The van der Waals surface area contributed by atoms with Gasteiger partial charge in [0, 0.05) is 42.3 Å². The van der Waals surface area contributed by atoms with E-state index in [4.69, 9.17) is 5.73 Å². The molecule has 1 aromatic carbocycles. The number of rotatable bonds is 2. The van der Waals surface area contributed by atoms with Crippen LogP contribution in [-0.2, 0) is 10.0 Å². The monoisotopic (exact) mass is 349 g/mol. The molecule has 2 heterocycles. The van der Waals surface area contributed by atoms with Gasteiger partial charge in [-0.3, -0.25) is 4.98 Å². The van der Waals surface area contributed by atoms with Crippen molar-refractivity contribution in [2.75, 3.05) is 13.1 Å². The van der Waals surface area contributed by atoms with Crippen LogP contribution in [0.25, 0.3) is 10.8 Å². The molecular formula is C13H17Cl2N3O2S. The maximum absolute atomic E-state index is 12.6. The van der Waals surface area contributed by atoms with E-state index >= 15 is 0 Å². The van der Waals surface area contributed by atoms with Crippen LogP contribution in [0.4, 0.5) is 0 Å². The van der Waals surface area contributed by atoms with Crippen molar-refractivity contribution in [3.63, 3.8) is 0 Å². The molecule has 2 N–H and O–H groups in total. The number of halogens is 2. The van der Waals surface area contributed by atoms with Crippen LogP contribution in [0, 0.1) is 0 Å². The summed E-state index contributed by atoms with van der Waals surface area (Å²) in [5.41, 5.74) is 5.80. The summed E-state index contributed by atoms with van der Waals surface area (Å²) in [6, 6.07) is 6.91. The summed E-state index contributed by atoms with van der Waals surface area (Å²) in [5.74, 6) is 0. The molecule has 5 nitrogen and oxygen atoms in total. The standard InChI is InChI=1S/C13H15N3O2S.2ClH/c14-11-5-7-16(9-11)19(17,18)13-3-1-2-10-8-15-6-4-12(10)13;;/h1-4,6,8,11H,5,7,9,14H2;2*1H/t11-;;/m0../s1. The van der Waals surface area contributed by atoms with Gasteiger partial charge in [0.15, 0.2) is 0 Å². The third-order valence-corrected chi connectivity index (χ3v) is 5.37. The Morgan fingerprint density at radius 3 is 2.67 bits per heavy atom. The van der Waals surface area contributed by atoms with E-state index in [2.05, 4.69) is 4.98 Å². The first-order chi connectivity index (χ1) is 9.09. The van der Waals surface area contributed by atoms with E-state index in [1.165, 1.54) is 4.31 Å².